The number of para-hydroxylation sites is 1. The van der Waals surface area contributed by atoms with Crippen LogP contribution in [-0.4, -0.2) is 22.4 Å². The average molecular weight is 385 g/mol. The lowest BCUT2D eigenvalue weighted by molar-refractivity contribution is 0.0946. The number of aromatic nitrogens is 2. The summed E-state index contributed by atoms with van der Waals surface area (Å²) in [5.41, 5.74) is 3.18. The van der Waals surface area contributed by atoms with Gasteiger partial charge in [0.1, 0.15) is 5.69 Å². The van der Waals surface area contributed by atoms with Crippen LogP contribution in [0.25, 0.3) is 10.9 Å². The predicted molar refractivity (Wildman–Crippen MR) is 99.0 cm³/mol. The van der Waals surface area contributed by atoms with Gasteiger partial charge in [0.25, 0.3) is 5.91 Å². The van der Waals surface area contributed by atoms with E-state index in [1.54, 1.807) is 18.5 Å². The van der Waals surface area contributed by atoms with E-state index >= 15 is 0 Å². The maximum Gasteiger partial charge on any atom is 0.270 e. The van der Waals surface area contributed by atoms with Gasteiger partial charge in [0.05, 0.1) is 9.99 Å². The topological polar surface area (TPSA) is 66.9 Å². The molecule has 0 aliphatic carbocycles. The Hall–Kier alpha value is -2.47. The van der Waals surface area contributed by atoms with Crippen LogP contribution in [0.3, 0.4) is 0 Å². The summed E-state index contributed by atoms with van der Waals surface area (Å²) in [6.07, 6.45) is 3.39. The number of halogens is 1. The van der Waals surface area contributed by atoms with Gasteiger partial charge in [-0.3, -0.25) is 9.78 Å². The molecule has 5 nitrogen and oxygen atoms in total. The largest absolute Gasteiger partial charge is 0.385 e. The molecule has 0 aliphatic heterocycles. The number of hydrogen-bond donors (Lipinski definition) is 2. The summed E-state index contributed by atoms with van der Waals surface area (Å²) in [7, 11) is 0. The molecule has 24 heavy (non-hydrogen) atoms. The fourth-order valence-corrected chi connectivity index (χ4v) is 2.88. The van der Waals surface area contributed by atoms with E-state index in [9.17, 15) is 4.79 Å². The van der Waals surface area contributed by atoms with Crippen LogP contribution in [0.15, 0.2) is 53.3 Å². The second-order valence-electron chi connectivity index (χ2n) is 5.26. The van der Waals surface area contributed by atoms with Gasteiger partial charge in [0.2, 0.25) is 0 Å². The monoisotopic (exact) mass is 384 g/mol. The zero-order chi connectivity index (χ0) is 16.9. The molecule has 0 saturated heterocycles. The van der Waals surface area contributed by atoms with Crippen molar-refractivity contribution in [1.29, 1.82) is 0 Å². The molecule has 0 radical (unpaired) electrons. The number of nitrogens with zero attached hydrogens (tertiary/aromatic N) is 2. The second-order valence-corrected chi connectivity index (χ2v) is 6.11. The van der Waals surface area contributed by atoms with E-state index in [1.807, 2.05) is 37.3 Å². The van der Waals surface area contributed by atoms with Crippen molar-refractivity contribution >= 4 is 38.4 Å². The van der Waals surface area contributed by atoms with Crippen molar-refractivity contribution in [2.24, 2.45) is 0 Å². The number of pyridine rings is 2. The lowest BCUT2D eigenvalue weighted by atomic mass is 10.1. The Bertz CT molecular complexity index is 882. The van der Waals surface area contributed by atoms with Gasteiger partial charge >= 0.3 is 0 Å². The molecule has 0 fully saturated rings. The number of carbonyl (C=O) groups excluding carboxylic acids is 1. The van der Waals surface area contributed by atoms with Crippen LogP contribution in [0, 0.1) is 0 Å². The van der Waals surface area contributed by atoms with E-state index in [0.29, 0.717) is 12.2 Å². The fraction of sp³-hybridized carbons (Fsp3) is 0.167. The first-order valence-electron chi connectivity index (χ1n) is 7.69. The van der Waals surface area contributed by atoms with Gasteiger partial charge in [-0.2, -0.15) is 0 Å². The molecular weight excluding hydrogens is 368 g/mol. The maximum absolute atomic E-state index is 12.4. The van der Waals surface area contributed by atoms with E-state index in [-0.39, 0.29) is 5.91 Å². The molecule has 0 aliphatic rings. The number of carbonyl (C=O) groups is 1. The molecule has 0 spiro atoms. The molecule has 0 bridgehead atoms. The molecule has 122 valence electrons. The van der Waals surface area contributed by atoms with Crippen molar-refractivity contribution in [2.45, 2.75) is 13.5 Å². The molecule has 2 heterocycles. The van der Waals surface area contributed by atoms with E-state index in [4.69, 9.17) is 0 Å². The Morgan fingerprint density at radius 3 is 2.83 bits per heavy atom. The minimum absolute atomic E-state index is 0.202. The van der Waals surface area contributed by atoms with E-state index in [2.05, 4.69) is 36.5 Å². The second kappa shape index (κ2) is 7.40. The summed E-state index contributed by atoms with van der Waals surface area (Å²) in [5, 5.41) is 7.10. The molecule has 1 amide bonds. The summed E-state index contributed by atoms with van der Waals surface area (Å²) in [6, 6.07) is 11.5. The van der Waals surface area contributed by atoms with Gasteiger partial charge in [-0.1, -0.05) is 18.2 Å². The van der Waals surface area contributed by atoms with Crippen LogP contribution >= 0.6 is 15.9 Å². The molecule has 0 atom stereocenters. The molecule has 2 N–H and O–H groups in total. The molecule has 0 unspecified atom stereocenters. The lowest BCUT2D eigenvalue weighted by Gasteiger charge is -2.11. The zero-order valence-corrected chi connectivity index (χ0v) is 14.8. The summed E-state index contributed by atoms with van der Waals surface area (Å²) < 4.78 is 0.771. The number of benzene rings is 1. The smallest absolute Gasteiger partial charge is 0.270 e. The third-order valence-electron chi connectivity index (χ3n) is 3.61. The van der Waals surface area contributed by atoms with Crippen LogP contribution in [0.1, 0.15) is 23.0 Å². The van der Waals surface area contributed by atoms with Crippen molar-refractivity contribution in [3.05, 3.63) is 64.5 Å². The summed E-state index contributed by atoms with van der Waals surface area (Å²) in [4.78, 5) is 20.9. The predicted octanol–water partition coefficient (Wildman–Crippen LogP) is 3.75. The number of anilines is 1. The highest BCUT2D eigenvalue weighted by Crippen LogP contribution is 2.21. The number of hydrogen-bond acceptors (Lipinski definition) is 4. The number of nitrogens with one attached hydrogen (secondary N) is 2. The van der Waals surface area contributed by atoms with Crippen LogP contribution in [0.4, 0.5) is 5.69 Å². The number of rotatable bonds is 5. The van der Waals surface area contributed by atoms with Crippen LogP contribution in [0.2, 0.25) is 0 Å². The van der Waals surface area contributed by atoms with Gasteiger partial charge in [-0.25, -0.2) is 4.98 Å². The quantitative estimate of drug-likeness (QED) is 0.702. The molecule has 1 aromatic carbocycles. The van der Waals surface area contributed by atoms with E-state index < -0.39 is 0 Å². The zero-order valence-electron chi connectivity index (χ0n) is 13.2. The Labute approximate surface area is 148 Å². The molecule has 3 rings (SSSR count). The molecular formula is C18H17BrN4O. The van der Waals surface area contributed by atoms with Gasteiger partial charge in [0.15, 0.2) is 0 Å². The van der Waals surface area contributed by atoms with Crippen LogP contribution in [-0.2, 0) is 6.54 Å². The van der Waals surface area contributed by atoms with E-state index in [0.717, 1.165) is 33.2 Å². The van der Waals surface area contributed by atoms with Crippen molar-refractivity contribution < 1.29 is 4.79 Å². The van der Waals surface area contributed by atoms with Crippen molar-refractivity contribution in [2.75, 3.05) is 11.9 Å². The first kappa shape index (κ1) is 16.4. The first-order chi connectivity index (χ1) is 11.7. The Balaban J connectivity index is 1.77. The normalized spacial score (nSPS) is 10.6. The van der Waals surface area contributed by atoms with Crippen LogP contribution in [0.5, 0.6) is 0 Å². The third kappa shape index (κ3) is 3.54. The fourth-order valence-electron chi connectivity index (χ4n) is 2.44. The summed E-state index contributed by atoms with van der Waals surface area (Å²) in [6.45, 7) is 3.32. The Morgan fingerprint density at radius 1 is 1.17 bits per heavy atom. The van der Waals surface area contributed by atoms with E-state index in [1.165, 1.54) is 0 Å². The lowest BCUT2D eigenvalue weighted by Crippen LogP contribution is -2.24. The van der Waals surface area contributed by atoms with Crippen molar-refractivity contribution in [3.8, 4) is 0 Å². The molecule has 2 aromatic heterocycles. The molecule has 3 aromatic rings. The minimum Gasteiger partial charge on any atom is -0.385 e. The summed E-state index contributed by atoms with van der Waals surface area (Å²) >= 11 is 3.42. The van der Waals surface area contributed by atoms with Gasteiger partial charge < -0.3 is 10.6 Å². The highest BCUT2D eigenvalue weighted by Gasteiger charge is 2.10. The molecule has 0 saturated carbocycles. The minimum atomic E-state index is -0.202. The highest BCUT2D eigenvalue weighted by molar-refractivity contribution is 9.10. The number of amides is 1. The molecule has 6 heteroatoms. The summed E-state index contributed by atoms with van der Waals surface area (Å²) in [5.74, 6) is -0.202. The van der Waals surface area contributed by atoms with Gasteiger partial charge in [-0.05, 0) is 46.6 Å². The SMILES string of the molecule is CCNc1ccccc1CNC(=O)c1ccc2cncc(Br)c2n1. The average Bonchev–Trinajstić information content (AvgIpc) is 2.61. The van der Waals surface area contributed by atoms with Crippen molar-refractivity contribution in [1.82, 2.24) is 15.3 Å². The standard InChI is InChI=1S/C18H17BrN4O/c1-2-21-15-6-4-3-5-12(15)10-22-18(24)16-8-7-13-9-20-11-14(19)17(13)23-16/h3-9,11,21H,2,10H2,1H3,(H,22,24). The van der Waals surface area contributed by atoms with Gasteiger partial charge in [0, 0.05) is 36.6 Å². The maximum atomic E-state index is 12.4. The van der Waals surface area contributed by atoms with Crippen LogP contribution < -0.4 is 10.6 Å². The highest BCUT2D eigenvalue weighted by atomic mass is 79.9. The third-order valence-corrected chi connectivity index (χ3v) is 4.19. The Morgan fingerprint density at radius 2 is 2.00 bits per heavy atom. The van der Waals surface area contributed by atoms with Gasteiger partial charge in [-0.15, -0.1) is 0 Å². The Kier molecular flexibility index (Phi) is 5.05. The van der Waals surface area contributed by atoms with Crippen molar-refractivity contribution in [3.63, 3.8) is 0 Å². The number of fused-ring (bicyclic) bond motifs is 1. The first-order valence-corrected chi connectivity index (χ1v) is 8.48.